The third kappa shape index (κ3) is 3.57. The third-order valence-electron chi connectivity index (χ3n) is 7.65. The monoisotopic (exact) mass is 573 g/mol. The Bertz CT molecular complexity index is 2030. The van der Waals surface area contributed by atoms with Gasteiger partial charge >= 0.3 is 17.1 Å². The van der Waals surface area contributed by atoms with Gasteiger partial charge in [0.2, 0.25) is 0 Å². The summed E-state index contributed by atoms with van der Waals surface area (Å²) >= 11 is 0. The molecule has 9 rings (SSSR count). The molecule has 0 fully saturated rings. The third-order valence-corrected chi connectivity index (χ3v) is 7.65. The van der Waals surface area contributed by atoms with Crippen molar-refractivity contribution in [3.63, 3.8) is 0 Å². The van der Waals surface area contributed by atoms with Crippen LogP contribution in [0, 0.1) is 0 Å². The average molecular weight is 574 g/mol. The molecule has 0 spiro atoms. The second-order valence-electron chi connectivity index (χ2n) is 9.98. The van der Waals surface area contributed by atoms with Gasteiger partial charge in [-0.05, 0) is 56.0 Å². The number of aromatic nitrogens is 6. The summed E-state index contributed by atoms with van der Waals surface area (Å²) in [6.45, 7) is 0. The Labute approximate surface area is 244 Å². The maximum atomic E-state index is 5.09. The first-order chi connectivity index (χ1) is 19.8. The molecule has 0 aliphatic carbocycles. The minimum absolute atomic E-state index is 0. The number of fused-ring (bicyclic) bond motifs is 20. The predicted molar refractivity (Wildman–Crippen MR) is 158 cm³/mol. The van der Waals surface area contributed by atoms with E-state index in [4.69, 9.17) is 29.9 Å². The Kier molecular flexibility index (Phi) is 5.19. The van der Waals surface area contributed by atoms with E-state index >= 15 is 0 Å². The molecule has 195 valence electrons. The van der Waals surface area contributed by atoms with Crippen molar-refractivity contribution < 1.29 is 17.1 Å². The summed E-state index contributed by atoms with van der Waals surface area (Å²) in [6, 6.07) is 36.8. The van der Waals surface area contributed by atoms with Gasteiger partial charge in [0.15, 0.2) is 0 Å². The van der Waals surface area contributed by atoms with E-state index in [9.17, 15) is 0 Å². The molecule has 0 amide bonds. The van der Waals surface area contributed by atoms with Crippen LogP contribution in [0.5, 0.6) is 0 Å². The zero-order valence-electron chi connectivity index (χ0n) is 21.4. The van der Waals surface area contributed by atoms with Crippen LogP contribution in [0.25, 0.3) is 89.2 Å². The van der Waals surface area contributed by atoms with E-state index in [-0.39, 0.29) is 17.1 Å². The number of nitrogens with zero attached hydrogens (tertiary/aromatic N) is 6. The molecule has 8 bridgehead atoms. The summed E-state index contributed by atoms with van der Waals surface area (Å²) < 4.78 is 0. The SMILES string of the molecule is [Cu+2].c1ccc2c(c1)-c1cc3[n-]c(nc4nc(nc5[n-]c(cc-2n1)c1ccccc51)-c1ccccc1-4)c1ccccc31. The van der Waals surface area contributed by atoms with Crippen LogP contribution in [0.1, 0.15) is 0 Å². The van der Waals surface area contributed by atoms with Crippen LogP contribution < -0.4 is 9.97 Å². The maximum Gasteiger partial charge on any atom is 2.00 e. The molecule has 5 heterocycles. The Morgan fingerprint density at radius 3 is 1.24 bits per heavy atom. The second kappa shape index (κ2) is 8.96. The molecule has 2 aliphatic rings. The molecule has 7 aromatic rings. The molecule has 41 heavy (non-hydrogen) atoms. The summed E-state index contributed by atoms with van der Waals surface area (Å²) in [6.07, 6.45) is 0. The molecule has 4 aromatic carbocycles. The van der Waals surface area contributed by atoms with Gasteiger partial charge in [0.1, 0.15) is 0 Å². The molecule has 0 N–H and O–H groups in total. The topological polar surface area (TPSA) is 79.8 Å². The normalized spacial score (nSPS) is 11.7. The molecule has 3 aromatic heterocycles. The minimum atomic E-state index is 0. The van der Waals surface area contributed by atoms with Crippen LogP contribution in [0.3, 0.4) is 0 Å². The maximum absolute atomic E-state index is 5.09. The van der Waals surface area contributed by atoms with E-state index in [1.165, 1.54) is 0 Å². The molecular weight excluding hydrogens is 556 g/mol. The summed E-state index contributed by atoms with van der Waals surface area (Å²) in [4.78, 5) is 30.0. The van der Waals surface area contributed by atoms with Gasteiger partial charge in [-0.2, -0.15) is 0 Å². The van der Waals surface area contributed by atoms with Gasteiger partial charge in [-0.25, -0.2) is 4.98 Å². The number of hydrogen-bond donors (Lipinski definition) is 0. The van der Waals surface area contributed by atoms with E-state index < -0.39 is 0 Å². The van der Waals surface area contributed by atoms with Crippen molar-refractivity contribution in [2.75, 3.05) is 0 Å². The molecule has 1 radical (unpaired) electrons. The Morgan fingerprint density at radius 1 is 0.390 bits per heavy atom. The fourth-order valence-electron chi connectivity index (χ4n) is 5.79. The fraction of sp³-hybridized carbons (Fsp3) is 0. The van der Waals surface area contributed by atoms with E-state index in [1.54, 1.807) is 0 Å². The summed E-state index contributed by atoms with van der Waals surface area (Å²) in [5, 5.41) is 3.99. The van der Waals surface area contributed by atoms with Gasteiger partial charge < -0.3 is 19.9 Å². The van der Waals surface area contributed by atoms with Crippen molar-refractivity contribution in [2.24, 2.45) is 0 Å². The first-order valence-corrected chi connectivity index (χ1v) is 13.1. The molecule has 7 heteroatoms. The Balaban J connectivity index is 0.00000256. The fourth-order valence-corrected chi connectivity index (χ4v) is 5.79. The zero-order chi connectivity index (χ0) is 26.2. The largest absolute Gasteiger partial charge is 2.00 e. The Morgan fingerprint density at radius 2 is 0.780 bits per heavy atom. The van der Waals surface area contributed by atoms with Crippen molar-refractivity contribution in [3.8, 4) is 45.3 Å². The van der Waals surface area contributed by atoms with Gasteiger partial charge in [-0.15, -0.1) is 0 Å². The van der Waals surface area contributed by atoms with Crippen molar-refractivity contribution in [2.45, 2.75) is 0 Å². The van der Waals surface area contributed by atoms with Crippen LogP contribution in [-0.4, -0.2) is 19.9 Å². The van der Waals surface area contributed by atoms with Gasteiger partial charge in [-0.1, -0.05) is 97.1 Å². The van der Waals surface area contributed by atoms with Crippen molar-refractivity contribution in [3.05, 3.63) is 109 Å². The second-order valence-corrected chi connectivity index (χ2v) is 9.98. The van der Waals surface area contributed by atoms with Gasteiger partial charge in [-0.3, -0.25) is 4.98 Å². The zero-order valence-corrected chi connectivity index (χ0v) is 22.3. The van der Waals surface area contributed by atoms with Crippen LogP contribution in [-0.2, 0) is 17.1 Å². The molecule has 2 aliphatic heterocycles. The average Bonchev–Trinajstić information content (AvgIpc) is 3.73. The molecule has 0 saturated carbocycles. The molecular formula is C34H18CuN6. The molecule has 0 unspecified atom stereocenters. The number of hydrogen-bond acceptors (Lipinski definition) is 4. The number of benzene rings is 4. The van der Waals surface area contributed by atoms with Crippen LogP contribution in [0.4, 0.5) is 0 Å². The molecule has 0 saturated heterocycles. The standard InChI is InChI=1S/C34H18N6.Cu/c1-2-10-20-19(9-1)27-17-29-21-11-3-5-13-23(21)31(36-29)38-33-25-15-7-8-16-26(25)34(40-33)39-32-24-14-6-4-12-22(24)30(37-32)18-28(20)35-27;/h1-18H;/q-2;+2. The van der Waals surface area contributed by atoms with Crippen molar-refractivity contribution in [1.82, 2.24) is 29.9 Å². The quantitative estimate of drug-likeness (QED) is 0.177. The van der Waals surface area contributed by atoms with E-state index in [1.807, 2.05) is 60.7 Å². The molecule has 6 nitrogen and oxygen atoms in total. The van der Waals surface area contributed by atoms with Gasteiger partial charge in [0, 0.05) is 22.3 Å². The molecule has 0 atom stereocenters. The van der Waals surface area contributed by atoms with Gasteiger partial charge in [0.05, 0.1) is 23.0 Å². The first kappa shape index (κ1) is 23.8. The summed E-state index contributed by atoms with van der Waals surface area (Å²) in [5.74, 6) is 1.19. The summed E-state index contributed by atoms with van der Waals surface area (Å²) in [5.41, 5.74) is 8.64. The minimum Gasteiger partial charge on any atom is -0.435 e. The number of rotatable bonds is 0. The van der Waals surface area contributed by atoms with Crippen molar-refractivity contribution >= 4 is 43.9 Å². The van der Waals surface area contributed by atoms with Crippen LogP contribution in [0.2, 0.25) is 0 Å². The van der Waals surface area contributed by atoms with E-state index in [0.29, 0.717) is 22.9 Å². The van der Waals surface area contributed by atoms with Gasteiger partial charge in [0.25, 0.3) is 0 Å². The summed E-state index contributed by atoms with van der Waals surface area (Å²) in [7, 11) is 0. The van der Waals surface area contributed by atoms with E-state index in [0.717, 1.165) is 66.2 Å². The first-order valence-electron chi connectivity index (χ1n) is 13.1. The van der Waals surface area contributed by atoms with Crippen molar-refractivity contribution in [1.29, 1.82) is 0 Å². The van der Waals surface area contributed by atoms with E-state index in [2.05, 4.69) is 48.5 Å². The van der Waals surface area contributed by atoms with Crippen LogP contribution in [0.15, 0.2) is 109 Å². The smallest absolute Gasteiger partial charge is 0.435 e. The predicted octanol–water partition coefficient (Wildman–Crippen LogP) is 7.33. The Hall–Kier alpha value is -5.10. The van der Waals surface area contributed by atoms with Crippen LogP contribution >= 0.6 is 0 Å².